The standard InChI is InChI=1S/C29H36N4O3/c1-20-16-33(17-22-8-10-23(11-9-22)26-7-5-6-14-31-26)21(2)19-36-27-13-12-24(30)15-25(27)29(34)32(3)18-28(20)35-4/h5-15,20-21,28H,16-19,30H2,1-4H3. The van der Waals surface area contributed by atoms with Crippen LogP contribution >= 0.6 is 0 Å². The molecule has 2 N–H and O–H groups in total. The van der Waals surface area contributed by atoms with E-state index in [9.17, 15) is 4.79 Å². The van der Waals surface area contributed by atoms with Crippen LogP contribution in [0.1, 0.15) is 29.8 Å². The van der Waals surface area contributed by atoms with Crippen LogP contribution in [-0.4, -0.2) is 66.7 Å². The maximum atomic E-state index is 13.2. The number of pyridine rings is 1. The first-order chi connectivity index (χ1) is 17.4. The molecule has 0 saturated carbocycles. The number of methoxy groups -OCH3 is 1. The second-order valence-electron chi connectivity index (χ2n) is 9.69. The van der Waals surface area contributed by atoms with Gasteiger partial charge in [0.25, 0.3) is 5.91 Å². The highest BCUT2D eigenvalue weighted by Crippen LogP contribution is 2.26. The fraction of sp³-hybridized carbons (Fsp3) is 0.379. The summed E-state index contributed by atoms with van der Waals surface area (Å²) in [6.45, 7) is 6.84. The van der Waals surface area contributed by atoms with Crippen molar-refractivity contribution in [1.82, 2.24) is 14.8 Å². The first-order valence-corrected chi connectivity index (χ1v) is 12.4. The molecule has 190 valence electrons. The topological polar surface area (TPSA) is 80.9 Å². The van der Waals surface area contributed by atoms with E-state index in [1.807, 2.05) is 24.4 Å². The molecule has 1 amide bonds. The van der Waals surface area contributed by atoms with Crippen LogP contribution in [0.2, 0.25) is 0 Å². The van der Waals surface area contributed by atoms with Gasteiger partial charge in [0, 0.05) is 57.3 Å². The van der Waals surface area contributed by atoms with Crippen molar-refractivity contribution in [3.63, 3.8) is 0 Å². The second kappa shape index (κ2) is 11.5. The Morgan fingerprint density at radius 1 is 1.08 bits per heavy atom. The average molecular weight is 489 g/mol. The van der Waals surface area contributed by atoms with Crippen molar-refractivity contribution in [2.75, 3.05) is 39.6 Å². The van der Waals surface area contributed by atoms with Crippen LogP contribution in [0.15, 0.2) is 66.9 Å². The largest absolute Gasteiger partial charge is 0.491 e. The Bertz CT molecular complexity index is 1150. The van der Waals surface area contributed by atoms with Crippen molar-refractivity contribution >= 4 is 11.6 Å². The number of hydrogen-bond acceptors (Lipinski definition) is 6. The Morgan fingerprint density at radius 2 is 1.86 bits per heavy atom. The highest BCUT2D eigenvalue weighted by atomic mass is 16.5. The number of nitrogens with two attached hydrogens (primary N) is 1. The van der Waals surface area contributed by atoms with Gasteiger partial charge in [0.05, 0.1) is 17.4 Å². The van der Waals surface area contributed by atoms with Crippen molar-refractivity contribution in [3.8, 4) is 17.0 Å². The average Bonchev–Trinajstić information content (AvgIpc) is 2.90. The molecule has 3 atom stereocenters. The quantitative estimate of drug-likeness (QED) is 0.551. The van der Waals surface area contributed by atoms with E-state index in [1.165, 1.54) is 5.56 Å². The summed E-state index contributed by atoms with van der Waals surface area (Å²) < 4.78 is 12.0. The molecule has 4 rings (SSSR count). The molecule has 7 heteroatoms. The minimum Gasteiger partial charge on any atom is -0.491 e. The van der Waals surface area contributed by atoms with Crippen LogP contribution in [0.25, 0.3) is 11.3 Å². The van der Waals surface area contributed by atoms with E-state index < -0.39 is 0 Å². The summed E-state index contributed by atoms with van der Waals surface area (Å²) in [7, 11) is 3.51. The van der Waals surface area contributed by atoms with Crippen LogP contribution < -0.4 is 10.5 Å². The number of ether oxygens (including phenoxy) is 2. The number of amides is 1. The summed E-state index contributed by atoms with van der Waals surface area (Å²) in [5.41, 5.74) is 10.3. The fourth-order valence-corrected chi connectivity index (χ4v) is 4.64. The summed E-state index contributed by atoms with van der Waals surface area (Å²) in [4.78, 5) is 21.8. The number of likely N-dealkylation sites (N-methyl/N-ethyl adjacent to an activating group) is 1. The Labute approximate surface area is 213 Å². The van der Waals surface area contributed by atoms with Crippen molar-refractivity contribution in [2.45, 2.75) is 32.5 Å². The Kier molecular flexibility index (Phi) is 8.23. The molecule has 0 bridgehead atoms. The van der Waals surface area contributed by atoms with Crippen LogP contribution in [-0.2, 0) is 11.3 Å². The van der Waals surface area contributed by atoms with E-state index in [-0.39, 0.29) is 24.0 Å². The fourth-order valence-electron chi connectivity index (χ4n) is 4.64. The molecule has 3 unspecified atom stereocenters. The summed E-state index contributed by atoms with van der Waals surface area (Å²) in [6, 6.07) is 19.9. The first-order valence-electron chi connectivity index (χ1n) is 12.4. The monoisotopic (exact) mass is 488 g/mol. The van der Waals surface area contributed by atoms with Gasteiger partial charge in [-0.1, -0.05) is 37.3 Å². The van der Waals surface area contributed by atoms with Crippen molar-refractivity contribution in [1.29, 1.82) is 0 Å². The molecular formula is C29H36N4O3. The number of carbonyl (C=O) groups is 1. The molecule has 0 radical (unpaired) electrons. The van der Waals surface area contributed by atoms with Crippen molar-refractivity contribution < 1.29 is 14.3 Å². The number of fused-ring (bicyclic) bond motifs is 1. The molecule has 2 aromatic carbocycles. The molecule has 2 heterocycles. The van der Waals surface area contributed by atoms with E-state index in [2.05, 4.69) is 48.0 Å². The summed E-state index contributed by atoms with van der Waals surface area (Å²) in [6.07, 6.45) is 1.71. The Balaban J connectivity index is 1.59. The zero-order chi connectivity index (χ0) is 25.7. The van der Waals surface area contributed by atoms with Gasteiger partial charge in [-0.3, -0.25) is 14.7 Å². The molecule has 7 nitrogen and oxygen atoms in total. The van der Waals surface area contributed by atoms with Gasteiger partial charge in [-0.25, -0.2) is 0 Å². The molecule has 1 aliphatic heterocycles. The number of rotatable bonds is 4. The number of hydrogen-bond donors (Lipinski definition) is 1. The number of aromatic nitrogens is 1. The maximum Gasteiger partial charge on any atom is 0.257 e. The summed E-state index contributed by atoms with van der Waals surface area (Å²) in [5, 5.41) is 0. The number of nitrogen functional groups attached to an aromatic ring is 1. The smallest absolute Gasteiger partial charge is 0.257 e. The molecular weight excluding hydrogens is 452 g/mol. The zero-order valence-corrected chi connectivity index (χ0v) is 21.6. The SMILES string of the molecule is COC1CN(C)C(=O)c2cc(N)ccc2OCC(C)N(Cc2ccc(-c3ccccn3)cc2)CC1C. The minimum atomic E-state index is -0.121. The molecule has 0 spiro atoms. The number of carbonyl (C=O) groups excluding carboxylic acids is 1. The van der Waals surface area contributed by atoms with E-state index in [0.29, 0.717) is 30.2 Å². The van der Waals surface area contributed by atoms with E-state index >= 15 is 0 Å². The number of benzene rings is 2. The lowest BCUT2D eigenvalue weighted by Crippen LogP contribution is -2.46. The maximum absolute atomic E-state index is 13.2. The van der Waals surface area contributed by atoms with Gasteiger partial charge in [-0.05, 0) is 48.7 Å². The van der Waals surface area contributed by atoms with Crippen molar-refractivity contribution in [2.24, 2.45) is 5.92 Å². The highest BCUT2D eigenvalue weighted by molar-refractivity contribution is 5.97. The first kappa shape index (κ1) is 25.7. The van der Waals surface area contributed by atoms with Gasteiger partial charge in [-0.15, -0.1) is 0 Å². The molecule has 1 aromatic heterocycles. The van der Waals surface area contributed by atoms with Gasteiger partial charge < -0.3 is 20.1 Å². The Morgan fingerprint density at radius 3 is 2.56 bits per heavy atom. The predicted octanol–water partition coefficient (Wildman–Crippen LogP) is 4.34. The third-order valence-electron chi connectivity index (χ3n) is 6.90. The van der Waals surface area contributed by atoms with Crippen molar-refractivity contribution in [3.05, 3.63) is 78.0 Å². The van der Waals surface area contributed by atoms with E-state index in [1.54, 1.807) is 37.3 Å². The molecule has 0 aliphatic carbocycles. The number of anilines is 1. The minimum absolute atomic E-state index is 0.106. The van der Waals surface area contributed by atoms with E-state index in [4.69, 9.17) is 15.2 Å². The van der Waals surface area contributed by atoms with Crippen LogP contribution in [0.5, 0.6) is 5.75 Å². The molecule has 36 heavy (non-hydrogen) atoms. The van der Waals surface area contributed by atoms with Gasteiger partial charge in [0.15, 0.2) is 0 Å². The molecule has 0 fully saturated rings. The van der Waals surface area contributed by atoms with Gasteiger partial charge in [0.1, 0.15) is 12.4 Å². The highest BCUT2D eigenvalue weighted by Gasteiger charge is 2.28. The second-order valence-corrected chi connectivity index (χ2v) is 9.69. The van der Waals surface area contributed by atoms with Crippen LogP contribution in [0.4, 0.5) is 5.69 Å². The normalized spacial score (nSPS) is 21.7. The summed E-state index contributed by atoms with van der Waals surface area (Å²) in [5.74, 6) is 0.625. The third-order valence-corrected chi connectivity index (χ3v) is 6.90. The van der Waals surface area contributed by atoms with Gasteiger partial charge >= 0.3 is 0 Å². The van der Waals surface area contributed by atoms with Gasteiger partial charge in [-0.2, -0.15) is 0 Å². The molecule has 3 aromatic rings. The van der Waals surface area contributed by atoms with E-state index in [0.717, 1.165) is 24.3 Å². The lowest BCUT2D eigenvalue weighted by molar-refractivity contribution is 0.00922. The number of nitrogens with zero attached hydrogens (tertiary/aromatic N) is 3. The molecule has 0 saturated heterocycles. The lowest BCUT2D eigenvalue weighted by atomic mass is 10.0. The van der Waals surface area contributed by atoms with Crippen LogP contribution in [0, 0.1) is 5.92 Å². The molecule has 1 aliphatic rings. The summed E-state index contributed by atoms with van der Waals surface area (Å²) >= 11 is 0. The third kappa shape index (κ3) is 6.04. The van der Waals surface area contributed by atoms with Crippen LogP contribution in [0.3, 0.4) is 0 Å². The zero-order valence-electron chi connectivity index (χ0n) is 21.6. The lowest BCUT2D eigenvalue weighted by Gasteiger charge is -2.36. The predicted molar refractivity (Wildman–Crippen MR) is 143 cm³/mol. The van der Waals surface area contributed by atoms with Gasteiger partial charge in [0.2, 0.25) is 0 Å². The Hall–Kier alpha value is -3.42.